The molecule has 15 heavy (non-hydrogen) atoms. The van der Waals surface area contributed by atoms with Crippen LogP contribution in [0.15, 0.2) is 0 Å². The van der Waals surface area contributed by atoms with Gasteiger partial charge in [-0.15, -0.1) is 0 Å². The third-order valence-electron chi connectivity index (χ3n) is 4.61. The predicted molar refractivity (Wildman–Crippen MR) is 69.0 cm³/mol. The van der Waals surface area contributed by atoms with Gasteiger partial charge in [-0.2, -0.15) is 0 Å². The fraction of sp³-hybridized carbons (Fsp3) is 1.00. The van der Waals surface area contributed by atoms with E-state index in [1.165, 1.54) is 44.9 Å². The summed E-state index contributed by atoms with van der Waals surface area (Å²) in [5.41, 5.74) is 0. The van der Waals surface area contributed by atoms with Gasteiger partial charge in [0.05, 0.1) is 0 Å². The topological polar surface area (TPSA) is 0 Å². The van der Waals surface area contributed by atoms with Crippen LogP contribution in [-0.4, -0.2) is 0 Å². The van der Waals surface area contributed by atoms with Crippen molar-refractivity contribution < 1.29 is 0 Å². The van der Waals surface area contributed by atoms with Crippen LogP contribution >= 0.6 is 0 Å². The molecule has 0 nitrogen and oxygen atoms in total. The monoisotopic (exact) mass is 210 g/mol. The zero-order chi connectivity index (χ0) is 11.3. The SMILES string of the molecule is CCCC(C)C(CC)C1CCC(C)CC1. The van der Waals surface area contributed by atoms with E-state index in [0.717, 1.165) is 23.7 Å². The van der Waals surface area contributed by atoms with Crippen LogP contribution in [0.5, 0.6) is 0 Å². The lowest BCUT2D eigenvalue weighted by Gasteiger charge is -2.35. The van der Waals surface area contributed by atoms with Crippen molar-refractivity contribution in [3.8, 4) is 0 Å². The highest BCUT2D eigenvalue weighted by molar-refractivity contribution is 4.78. The van der Waals surface area contributed by atoms with Crippen LogP contribution < -0.4 is 0 Å². The average molecular weight is 210 g/mol. The average Bonchev–Trinajstić information content (AvgIpc) is 2.22. The molecule has 1 rings (SSSR count). The summed E-state index contributed by atoms with van der Waals surface area (Å²) in [6, 6.07) is 0. The largest absolute Gasteiger partial charge is 0.0654 e. The Bertz CT molecular complexity index is 153. The summed E-state index contributed by atoms with van der Waals surface area (Å²) in [7, 11) is 0. The van der Waals surface area contributed by atoms with Crippen LogP contribution in [0.25, 0.3) is 0 Å². The zero-order valence-electron chi connectivity index (χ0n) is 11.3. The predicted octanol–water partition coefficient (Wildman–Crippen LogP) is 5.28. The molecular formula is C15H30. The Morgan fingerprint density at radius 1 is 1.07 bits per heavy atom. The van der Waals surface area contributed by atoms with Crippen molar-refractivity contribution >= 4 is 0 Å². The van der Waals surface area contributed by atoms with Crippen LogP contribution in [0.4, 0.5) is 0 Å². The molecule has 1 aliphatic rings. The summed E-state index contributed by atoms with van der Waals surface area (Å²) in [5, 5.41) is 0. The number of hydrogen-bond donors (Lipinski definition) is 0. The molecule has 0 bridgehead atoms. The Labute approximate surface area is 96.8 Å². The number of hydrogen-bond acceptors (Lipinski definition) is 0. The van der Waals surface area contributed by atoms with E-state index in [4.69, 9.17) is 0 Å². The minimum absolute atomic E-state index is 0.957. The van der Waals surface area contributed by atoms with Crippen molar-refractivity contribution in [3.05, 3.63) is 0 Å². The molecule has 90 valence electrons. The lowest BCUT2D eigenvalue weighted by molar-refractivity contribution is 0.154. The lowest BCUT2D eigenvalue weighted by Crippen LogP contribution is -2.25. The van der Waals surface area contributed by atoms with Crippen LogP contribution in [0.1, 0.15) is 72.6 Å². The Morgan fingerprint density at radius 2 is 1.67 bits per heavy atom. The fourth-order valence-electron chi connectivity index (χ4n) is 3.58. The molecule has 0 heterocycles. The highest BCUT2D eigenvalue weighted by atomic mass is 14.3. The van der Waals surface area contributed by atoms with Crippen molar-refractivity contribution in [1.29, 1.82) is 0 Å². The molecule has 2 atom stereocenters. The van der Waals surface area contributed by atoms with Gasteiger partial charge in [-0.25, -0.2) is 0 Å². The van der Waals surface area contributed by atoms with E-state index < -0.39 is 0 Å². The van der Waals surface area contributed by atoms with Gasteiger partial charge in [-0.3, -0.25) is 0 Å². The molecule has 0 radical (unpaired) electrons. The minimum atomic E-state index is 0.957. The van der Waals surface area contributed by atoms with Gasteiger partial charge in [-0.05, 0) is 36.5 Å². The highest BCUT2D eigenvalue weighted by Crippen LogP contribution is 2.38. The Balaban J connectivity index is 2.43. The first-order valence-corrected chi connectivity index (χ1v) is 7.19. The molecule has 2 unspecified atom stereocenters. The molecule has 0 heteroatoms. The fourth-order valence-corrected chi connectivity index (χ4v) is 3.58. The third kappa shape index (κ3) is 3.81. The van der Waals surface area contributed by atoms with Crippen LogP contribution in [-0.2, 0) is 0 Å². The molecule has 0 aromatic rings. The molecule has 0 saturated heterocycles. The highest BCUT2D eigenvalue weighted by Gasteiger charge is 2.27. The van der Waals surface area contributed by atoms with E-state index in [1.54, 1.807) is 0 Å². The number of rotatable bonds is 5. The van der Waals surface area contributed by atoms with E-state index in [1.807, 2.05) is 0 Å². The standard InChI is InChI=1S/C15H30/c1-5-7-13(4)15(6-2)14-10-8-12(3)9-11-14/h12-15H,5-11H2,1-4H3. The molecule has 0 N–H and O–H groups in total. The third-order valence-corrected chi connectivity index (χ3v) is 4.61. The van der Waals surface area contributed by atoms with Gasteiger partial charge in [-0.1, -0.05) is 59.8 Å². The van der Waals surface area contributed by atoms with Gasteiger partial charge in [0, 0.05) is 0 Å². The molecule has 0 amide bonds. The summed E-state index contributed by atoms with van der Waals surface area (Å²) >= 11 is 0. The molecule has 1 saturated carbocycles. The van der Waals surface area contributed by atoms with Crippen molar-refractivity contribution in [1.82, 2.24) is 0 Å². The molecule has 0 spiro atoms. The summed E-state index contributed by atoms with van der Waals surface area (Å²) in [4.78, 5) is 0. The Kier molecular flexibility index (Phi) is 5.71. The van der Waals surface area contributed by atoms with E-state index in [-0.39, 0.29) is 0 Å². The van der Waals surface area contributed by atoms with Gasteiger partial charge in [0.1, 0.15) is 0 Å². The maximum atomic E-state index is 2.48. The Morgan fingerprint density at radius 3 is 2.13 bits per heavy atom. The van der Waals surface area contributed by atoms with Gasteiger partial charge in [0.2, 0.25) is 0 Å². The smallest absolute Gasteiger partial charge is 0.0363 e. The normalized spacial score (nSPS) is 31.2. The maximum absolute atomic E-state index is 2.48. The van der Waals surface area contributed by atoms with Crippen molar-refractivity contribution in [3.63, 3.8) is 0 Å². The molecule has 0 aliphatic heterocycles. The second kappa shape index (κ2) is 6.55. The van der Waals surface area contributed by atoms with E-state index >= 15 is 0 Å². The van der Waals surface area contributed by atoms with Gasteiger partial charge in [0.15, 0.2) is 0 Å². The second-order valence-corrected chi connectivity index (χ2v) is 5.86. The van der Waals surface area contributed by atoms with Crippen LogP contribution in [0, 0.1) is 23.7 Å². The summed E-state index contributed by atoms with van der Waals surface area (Å²) in [6.45, 7) is 9.63. The van der Waals surface area contributed by atoms with E-state index in [2.05, 4.69) is 27.7 Å². The lowest BCUT2D eigenvalue weighted by atomic mass is 9.70. The quantitative estimate of drug-likeness (QED) is 0.579. The second-order valence-electron chi connectivity index (χ2n) is 5.86. The summed E-state index contributed by atoms with van der Waals surface area (Å²) < 4.78 is 0. The molecule has 1 fully saturated rings. The maximum Gasteiger partial charge on any atom is -0.0363 e. The van der Waals surface area contributed by atoms with Gasteiger partial charge in [0.25, 0.3) is 0 Å². The first kappa shape index (κ1) is 13.1. The minimum Gasteiger partial charge on any atom is -0.0654 e. The van der Waals surface area contributed by atoms with Crippen molar-refractivity contribution in [2.24, 2.45) is 23.7 Å². The van der Waals surface area contributed by atoms with Crippen LogP contribution in [0.2, 0.25) is 0 Å². The summed E-state index contributed by atoms with van der Waals surface area (Å²) in [5.74, 6) is 4.02. The van der Waals surface area contributed by atoms with Crippen molar-refractivity contribution in [2.45, 2.75) is 72.6 Å². The van der Waals surface area contributed by atoms with E-state index in [0.29, 0.717) is 0 Å². The van der Waals surface area contributed by atoms with Crippen LogP contribution in [0.3, 0.4) is 0 Å². The molecule has 0 aromatic carbocycles. The van der Waals surface area contributed by atoms with Gasteiger partial charge >= 0.3 is 0 Å². The van der Waals surface area contributed by atoms with E-state index in [9.17, 15) is 0 Å². The van der Waals surface area contributed by atoms with Crippen molar-refractivity contribution in [2.75, 3.05) is 0 Å². The molecule has 1 aliphatic carbocycles. The first-order valence-electron chi connectivity index (χ1n) is 7.19. The zero-order valence-corrected chi connectivity index (χ0v) is 11.3. The molecule has 0 aromatic heterocycles. The Hall–Kier alpha value is 0. The summed E-state index contributed by atoms with van der Waals surface area (Å²) in [6.07, 6.45) is 10.2. The first-order chi connectivity index (χ1) is 7.19. The molecular weight excluding hydrogens is 180 g/mol. The van der Waals surface area contributed by atoms with Gasteiger partial charge < -0.3 is 0 Å².